The number of nitrogens with one attached hydrogen (secondary N) is 1. The minimum Gasteiger partial charge on any atom is -0.272 e. The number of nitrogens with zero attached hydrogens (tertiary/aromatic N) is 2. The number of nitro benzene ring substituents is 1. The highest BCUT2D eigenvalue weighted by molar-refractivity contribution is 7.99. The van der Waals surface area contributed by atoms with Crippen LogP contribution in [-0.4, -0.2) is 22.8 Å². The van der Waals surface area contributed by atoms with Gasteiger partial charge in [0, 0.05) is 28.5 Å². The first-order valence-corrected chi connectivity index (χ1v) is 8.46. The molecule has 0 radical (unpaired) electrons. The summed E-state index contributed by atoms with van der Waals surface area (Å²) in [6.45, 7) is 0. The molecule has 0 heterocycles. The molecule has 0 bridgehead atoms. The van der Waals surface area contributed by atoms with Crippen LogP contribution in [-0.2, 0) is 10.5 Å². The number of thioether (sulfide) groups is 1. The summed E-state index contributed by atoms with van der Waals surface area (Å²) in [7, 11) is 0. The smallest absolute Gasteiger partial charge is 0.270 e. The number of carbonyl (C=O) groups excluding carboxylic acids is 1. The molecule has 0 spiro atoms. The summed E-state index contributed by atoms with van der Waals surface area (Å²) in [6, 6.07) is 13.4. The third-order valence-corrected chi connectivity index (χ3v) is 4.15. The van der Waals surface area contributed by atoms with E-state index in [-0.39, 0.29) is 17.3 Å². The Balaban J connectivity index is 1.75. The fourth-order valence-corrected chi connectivity index (χ4v) is 2.68. The minimum absolute atomic E-state index is 0.0243. The number of non-ortho nitro benzene ring substituents is 1. The highest BCUT2D eigenvalue weighted by Gasteiger charge is 2.04. The fraction of sp³-hybridized carbons (Fsp3) is 0.125. The number of benzene rings is 2. The van der Waals surface area contributed by atoms with E-state index < -0.39 is 4.92 Å². The molecular weight excluding hydrogens is 350 g/mol. The average molecular weight is 364 g/mol. The van der Waals surface area contributed by atoms with Crippen molar-refractivity contribution < 1.29 is 9.72 Å². The van der Waals surface area contributed by atoms with E-state index in [4.69, 9.17) is 11.6 Å². The minimum atomic E-state index is -0.483. The number of rotatable bonds is 7. The Morgan fingerprint density at radius 1 is 1.29 bits per heavy atom. The monoisotopic (exact) mass is 363 g/mol. The number of carbonyl (C=O) groups is 1. The maximum absolute atomic E-state index is 11.7. The lowest BCUT2D eigenvalue weighted by atomic mass is 10.2. The van der Waals surface area contributed by atoms with Gasteiger partial charge in [0.2, 0.25) is 5.91 Å². The standard InChI is InChI=1S/C16H14ClN3O3S/c17-14-6-4-12(5-7-14)10-24-11-16(21)19-18-9-13-2-1-3-15(8-13)20(22)23/h1-9H,10-11H2,(H,19,21). The summed E-state index contributed by atoms with van der Waals surface area (Å²) in [6.07, 6.45) is 1.37. The predicted molar refractivity (Wildman–Crippen MR) is 96.4 cm³/mol. The van der Waals surface area contributed by atoms with Gasteiger partial charge in [0.15, 0.2) is 0 Å². The third-order valence-electron chi connectivity index (χ3n) is 2.90. The van der Waals surface area contributed by atoms with Crippen LogP contribution in [0.15, 0.2) is 53.6 Å². The Bertz CT molecular complexity index is 750. The van der Waals surface area contributed by atoms with Gasteiger partial charge in [0.1, 0.15) is 0 Å². The van der Waals surface area contributed by atoms with Crippen LogP contribution in [0, 0.1) is 10.1 Å². The third kappa shape index (κ3) is 6.02. The summed E-state index contributed by atoms with van der Waals surface area (Å²) in [5, 5.41) is 15.1. The number of halogens is 1. The molecule has 1 N–H and O–H groups in total. The fourth-order valence-electron chi connectivity index (χ4n) is 1.77. The molecule has 124 valence electrons. The van der Waals surface area contributed by atoms with Crippen molar-refractivity contribution >= 4 is 41.2 Å². The van der Waals surface area contributed by atoms with Crippen molar-refractivity contribution in [2.24, 2.45) is 5.10 Å². The zero-order valence-electron chi connectivity index (χ0n) is 12.5. The van der Waals surface area contributed by atoms with E-state index in [1.165, 1.54) is 30.1 Å². The van der Waals surface area contributed by atoms with E-state index in [2.05, 4.69) is 10.5 Å². The highest BCUT2D eigenvalue weighted by Crippen LogP contribution is 2.15. The lowest BCUT2D eigenvalue weighted by Gasteiger charge is -2.01. The molecule has 0 unspecified atom stereocenters. The molecule has 24 heavy (non-hydrogen) atoms. The maximum atomic E-state index is 11.7. The molecule has 2 rings (SSSR count). The zero-order chi connectivity index (χ0) is 17.4. The number of hydrogen-bond donors (Lipinski definition) is 1. The molecule has 0 aromatic heterocycles. The van der Waals surface area contributed by atoms with Gasteiger partial charge in [-0.3, -0.25) is 14.9 Å². The van der Waals surface area contributed by atoms with Gasteiger partial charge in [-0.1, -0.05) is 35.9 Å². The summed E-state index contributed by atoms with van der Waals surface area (Å²) < 4.78 is 0. The normalized spacial score (nSPS) is 10.7. The van der Waals surface area contributed by atoms with Crippen LogP contribution in [0.25, 0.3) is 0 Å². The lowest BCUT2D eigenvalue weighted by Crippen LogP contribution is -2.19. The summed E-state index contributed by atoms with van der Waals surface area (Å²) >= 11 is 7.26. The van der Waals surface area contributed by atoms with Crippen molar-refractivity contribution in [1.29, 1.82) is 0 Å². The summed E-state index contributed by atoms with van der Waals surface area (Å²) in [5.74, 6) is 0.712. The van der Waals surface area contributed by atoms with Crippen molar-refractivity contribution in [2.45, 2.75) is 5.75 Å². The predicted octanol–water partition coefficient (Wildman–Crippen LogP) is 3.63. The number of nitro groups is 1. The molecule has 0 aliphatic heterocycles. The molecule has 0 saturated carbocycles. The van der Waals surface area contributed by atoms with Crippen molar-refractivity contribution in [3.05, 3.63) is 74.8 Å². The summed E-state index contributed by atoms with van der Waals surface area (Å²) in [5.41, 5.74) is 3.99. The number of hydrogen-bond acceptors (Lipinski definition) is 5. The molecule has 0 aliphatic carbocycles. The van der Waals surface area contributed by atoms with E-state index >= 15 is 0 Å². The molecule has 2 aromatic carbocycles. The van der Waals surface area contributed by atoms with Crippen molar-refractivity contribution in [1.82, 2.24) is 5.43 Å². The molecule has 0 saturated heterocycles. The second-order valence-electron chi connectivity index (χ2n) is 4.76. The van der Waals surface area contributed by atoms with Gasteiger partial charge < -0.3 is 0 Å². The Kier molecular flexibility index (Phi) is 6.77. The van der Waals surface area contributed by atoms with Gasteiger partial charge in [-0.15, -0.1) is 11.8 Å². The molecule has 0 atom stereocenters. The Hall–Kier alpha value is -2.38. The van der Waals surface area contributed by atoms with Gasteiger partial charge in [-0.05, 0) is 17.7 Å². The summed E-state index contributed by atoms with van der Waals surface area (Å²) in [4.78, 5) is 21.9. The number of hydrazone groups is 1. The number of amides is 1. The van der Waals surface area contributed by atoms with Gasteiger partial charge in [-0.25, -0.2) is 5.43 Å². The second kappa shape index (κ2) is 9.05. The van der Waals surface area contributed by atoms with Crippen LogP contribution in [0.2, 0.25) is 5.02 Å². The van der Waals surface area contributed by atoms with Crippen LogP contribution in [0.5, 0.6) is 0 Å². The first-order valence-electron chi connectivity index (χ1n) is 6.93. The van der Waals surface area contributed by atoms with Crippen molar-refractivity contribution in [2.75, 3.05) is 5.75 Å². The van der Waals surface area contributed by atoms with E-state index in [1.807, 2.05) is 12.1 Å². The molecule has 1 amide bonds. The Morgan fingerprint density at radius 2 is 2.04 bits per heavy atom. The van der Waals surface area contributed by atoms with E-state index in [0.29, 0.717) is 16.3 Å². The highest BCUT2D eigenvalue weighted by atomic mass is 35.5. The van der Waals surface area contributed by atoms with Crippen LogP contribution in [0.1, 0.15) is 11.1 Å². The Morgan fingerprint density at radius 3 is 2.75 bits per heavy atom. The molecule has 8 heteroatoms. The molecule has 6 nitrogen and oxygen atoms in total. The molecule has 0 aliphatic rings. The largest absolute Gasteiger partial charge is 0.272 e. The molecular formula is C16H14ClN3O3S. The first kappa shape index (κ1) is 18.0. The SMILES string of the molecule is O=C(CSCc1ccc(Cl)cc1)NN=Cc1cccc([N+](=O)[O-])c1. The zero-order valence-corrected chi connectivity index (χ0v) is 14.1. The van der Waals surface area contributed by atoms with E-state index in [1.54, 1.807) is 24.3 Å². The van der Waals surface area contributed by atoms with Crippen molar-refractivity contribution in [3.8, 4) is 0 Å². The molecule has 0 fully saturated rings. The van der Waals surface area contributed by atoms with Gasteiger partial charge >= 0.3 is 0 Å². The van der Waals surface area contributed by atoms with Crippen molar-refractivity contribution in [3.63, 3.8) is 0 Å². The topological polar surface area (TPSA) is 84.6 Å². The van der Waals surface area contributed by atoms with Crippen LogP contribution in [0.3, 0.4) is 0 Å². The Labute approximate surface area is 148 Å². The molecule has 2 aromatic rings. The van der Waals surface area contributed by atoms with Gasteiger partial charge in [0.25, 0.3) is 5.69 Å². The van der Waals surface area contributed by atoms with Crippen LogP contribution >= 0.6 is 23.4 Å². The van der Waals surface area contributed by atoms with Crippen LogP contribution < -0.4 is 5.43 Å². The lowest BCUT2D eigenvalue weighted by molar-refractivity contribution is -0.384. The maximum Gasteiger partial charge on any atom is 0.270 e. The van der Waals surface area contributed by atoms with Gasteiger partial charge in [-0.2, -0.15) is 5.10 Å². The van der Waals surface area contributed by atoms with E-state index in [9.17, 15) is 14.9 Å². The quantitative estimate of drug-likeness (QED) is 0.462. The first-order chi connectivity index (χ1) is 11.5. The average Bonchev–Trinajstić information content (AvgIpc) is 2.57. The van der Waals surface area contributed by atoms with E-state index in [0.717, 1.165) is 5.56 Å². The van der Waals surface area contributed by atoms with Gasteiger partial charge in [0.05, 0.1) is 16.9 Å². The van der Waals surface area contributed by atoms with Crippen LogP contribution in [0.4, 0.5) is 5.69 Å². The second-order valence-corrected chi connectivity index (χ2v) is 6.19.